The van der Waals surface area contributed by atoms with Gasteiger partial charge in [-0.05, 0) is 269 Å². The number of ether oxygens (including phenoxy) is 4. The molecule has 4 aromatic carbocycles. The summed E-state index contributed by atoms with van der Waals surface area (Å²) in [5.74, 6) is 9.50. The Hall–Kier alpha value is -11.0. The second-order valence-electron chi connectivity index (χ2n) is 33.8. The van der Waals surface area contributed by atoms with Crippen molar-refractivity contribution in [3.63, 3.8) is 0 Å². The number of nitrogens with zero attached hydrogens (tertiary/aromatic N) is 8. The summed E-state index contributed by atoms with van der Waals surface area (Å²) in [7, 11) is 6.34. The van der Waals surface area contributed by atoms with Crippen LogP contribution in [0, 0.1) is 47.3 Å². The lowest BCUT2D eigenvalue weighted by Crippen LogP contribution is -2.23. The molecule has 0 spiro atoms. The highest BCUT2D eigenvalue weighted by Gasteiger charge is 2.34. The average Bonchev–Trinajstić information content (AvgIpc) is 0.824. The Morgan fingerprint density at radius 3 is 0.642 bits per heavy atom. The number of pyridine rings is 8. The van der Waals surface area contributed by atoms with Crippen LogP contribution in [0.4, 0.5) is 0 Å². The zero-order chi connectivity index (χ0) is 83.7. The van der Waals surface area contributed by atoms with E-state index in [-0.39, 0.29) is 23.1 Å². The highest BCUT2D eigenvalue weighted by Crippen LogP contribution is 2.46. The van der Waals surface area contributed by atoms with Crippen molar-refractivity contribution in [2.24, 2.45) is 47.3 Å². The number of fused-ring (bicyclic) bond motifs is 4. The van der Waals surface area contributed by atoms with Crippen LogP contribution in [-0.2, 0) is 0 Å². The van der Waals surface area contributed by atoms with E-state index in [0.29, 0.717) is 142 Å². The number of aromatic nitrogens is 8. The molecule has 4 aliphatic rings. The third-order valence-electron chi connectivity index (χ3n) is 27.0. The van der Waals surface area contributed by atoms with Gasteiger partial charge in [-0.3, -0.25) is 39.1 Å². The number of ketones is 4. The first-order valence-electron chi connectivity index (χ1n) is 44.2. The molecule has 0 N–H and O–H groups in total. The predicted molar refractivity (Wildman–Crippen MR) is 480 cm³/mol. The number of rotatable bonds is 28. The number of hydrogen-bond acceptors (Lipinski definition) is 16. The van der Waals surface area contributed by atoms with E-state index in [1.54, 1.807) is 77.5 Å². The number of Topliss-reactive ketones (excluding diaryl/α,β-unsaturated/α-hetero) is 4. The molecule has 0 amide bonds. The monoisotopic (exact) mass is 1610 g/mol. The van der Waals surface area contributed by atoms with E-state index in [1.807, 2.05) is 48.5 Å². The Kier molecular flexibility index (Phi) is 31.3. The maximum absolute atomic E-state index is 12.8. The average molecular weight is 1610 g/mol. The molecule has 16 rings (SSSR count). The standard InChI is InChI=1S/4C26H30N2O2/c4*1-3-18(15-25(29)22-12-13-26(30-2)28-16-22)19-8-10-20(11-9-19)23-14-21-6-4-5-7-24(21)27-17-23/h4*4-7,12-14,16-20H,3,8-11,15H2,1-2H3/t4*18-,19?,20?/m1100/s1. The normalized spacial score (nSPS) is 20.1. The molecule has 624 valence electrons. The quantitative estimate of drug-likeness (QED) is 0.0418. The van der Waals surface area contributed by atoms with Crippen LogP contribution in [0.3, 0.4) is 0 Å². The van der Waals surface area contributed by atoms with Crippen molar-refractivity contribution in [1.82, 2.24) is 39.9 Å². The minimum Gasteiger partial charge on any atom is -0.481 e. The van der Waals surface area contributed by atoms with Crippen molar-refractivity contribution in [1.29, 1.82) is 0 Å². The van der Waals surface area contributed by atoms with Gasteiger partial charge in [0.05, 0.1) is 50.5 Å². The first-order valence-corrected chi connectivity index (χ1v) is 44.2. The molecular weight excluding hydrogens is 1490 g/mol. The van der Waals surface area contributed by atoms with Gasteiger partial charge >= 0.3 is 0 Å². The Morgan fingerprint density at radius 2 is 0.467 bits per heavy atom. The predicted octanol–water partition coefficient (Wildman–Crippen LogP) is 24.8. The maximum Gasteiger partial charge on any atom is 0.212 e. The molecule has 0 bridgehead atoms. The maximum atomic E-state index is 12.8. The summed E-state index contributed by atoms with van der Waals surface area (Å²) in [5, 5.41) is 4.90. The van der Waals surface area contributed by atoms with Gasteiger partial charge in [0.1, 0.15) is 0 Å². The molecule has 4 aliphatic carbocycles. The summed E-state index contributed by atoms with van der Waals surface area (Å²) < 4.78 is 20.4. The summed E-state index contributed by atoms with van der Waals surface area (Å²) in [6.07, 6.45) is 40.3. The Bertz CT molecular complexity index is 4620. The molecule has 8 aromatic heterocycles. The van der Waals surface area contributed by atoms with Crippen molar-refractivity contribution in [3.05, 3.63) is 264 Å². The minimum absolute atomic E-state index is 0.192. The summed E-state index contributed by atoms with van der Waals surface area (Å²) in [5.41, 5.74) is 12.4. The second kappa shape index (κ2) is 43.3. The van der Waals surface area contributed by atoms with Crippen LogP contribution in [-0.4, -0.2) is 91.4 Å². The minimum atomic E-state index is 0.192. The number of benzene rings is 4. The van der Waals surface area contributed by atoms with E-state index in [1.165, 1.54) is 147 Å². The molecule has 0 unspecified atom stereocenters. The van der Waals surface area contributed by atoms with Gasteiger partial charge in [-0.15, -0.1) is 0 Å². The van der Waals surface area contributed by atoms with Crippen molar-refractivity contribution < 1.29 is 38.1 Å². The molecule has 0 saturated heterocycles. The Labute approximate surface area is 709 Å². The lowest BCUT2D eigenvalue weighted by atomic mass is 9.72. The lowest BCUT2D eigenvalue weighted by Gasteiger charge is -2.33. The molecule has 4 saturated carbocycles. The summed E-state index contributed by atoms with van der Waals surface area (Å²) in [4.78, 5) is 86.4. The van der Waals surface area contributed by atoms with Crippen LogP contribution in [0.1, 0.15) is 269 Å². The molecule has 0 radical (unpaired) electrons. The smallest absolute Gasteiger partial charge is 0.212 e. The zero-order valence-corrected chi connectivity index (χ0v) is 71.5. The van der Waals surface area contributed by atoms with E-state index in [2.05, 4.69) is 189 Å². The highest BCUT2D eigenvalue weighted by molar-refractivity contribution is 5.98. The van der Waals surface area contributed by atoms with Crippen molar-refractivity contribution in [2.45, 2.75) is 205 Å². The lowest BCUT2D eigenvalue weighted by molar-refractivity contribution is 0.0917. The molecular formula is C104H120N8O8. The fourth-order valence-corrected chi connectivity index (χ4v) is 19.6. The van der Waals surface area contributed by atoms with E-state index in [9.17, 15) is 19.2 Å². The summed E-state index contributed by atoms with van der Waals surface area (Å²) >= 11 is 0. The van der Waals surface area contributed by atoms with Crippen LogP contribution >= 0.6 is 0 Å². The fraction of sp³-hybridized carbons (Fsp3) is 0.423. The van der Waals surface area contributed by atoms with Crippen molar-refractivity contribution >= 4 is 66.7 Å². The Balaban J connectivity index is 0.000000138. The van der Waals surface area contributed by atoms with Gasteiger partial charge < -0.3 is 18.9 Å². The molecule has 120 heavy (non-hydrogen) atoms. The van der Waals surface area contributed by atoms with Gasteiger partial charge in [-0.1, -0.05) is 126 Å². The fourth-order valence-electron chi connectivity index (χ4n) is 19.6. The molecule has 4 atom stereocenters. The van der Waals surface area contributed by atoms with Crippen LogP contribution < -0.4 is 18.9 Å². The van der Waals surface area contributed by atoms with Crippen molar-refractivity contribution in [3.8, 4) is 23.5 Å². The topological polar surface area (TPSA) is 208 Å². The van der Waals surface area contributed by atoms with Gasteiger partial charge in [0.25, 0.3) is 0 Å². The molecule has 8 heterocycles. The van der Waals surface area contributed by atoms with Gasteiger partial charge in [-0.25, -0.2) is 19.9 Å². The number of para-hydroxylation sites is 4. The number of methoxy groups -OCH3 is 4. The zero-order valence-electron chi connectivity index (χ0n) is 71.5. The largest absolute Gasteiger partial charge is 0.481 e. The van der Waals surface area contributed by atoms with Gasteiger partial charge in [0, 0.05) is 143 Å². The van der Waals surface area contributed by atoms with E-state index in [0.717, 1.165) is 47.8 Å². The number of carbonyl (C=O) groups excluding carboxylic acids is 4. The molecule has 16 nitrogen and oxygen atoms in total. The van der Waals surface area contributed by atoms with Crippen LogP contribution in [0.5, 0.6) is 23.5 Å². The van der Waals surface area contributed by atoms with Crippen LogP contribution in [0.25, 0.3) is 43.6 Å². The number of hydrogen-bond donors (Lipinski definition) is 0. The molecule has 16 heteroatoms. The third-order valence-corrected chi connectivity index (χ3v) is 27.0. The van der Waals surface area contributed by atoms with Crippen LogP contribution in [0.2, 0.25) is 0 Å². The van der Waals surface area contributed by atoms with Gasteiger partial charge in [-0.2, -0.15) is 0 Å². The first-order chi connectivity index (χ1) is 58.7. The van der Waals surface area contributed by atoms with E-state index < -0.39 is 0 Å². The molecule has 4 fully saturated rings. The molecule has 12 aromatic rings. The third kappa shape index (κ3) is 22.9. The SMILES string of the molecule is CC[C@@H](CC(=O)c1ccc(OC)nc1)C1CCC(c2cnc3ccccc3c2)CC1.CC[C@@H](CC(=O)c1ccc(OC)nc1)C1CCC(c2cnc3ccccc3c2)CC1.CC[C@H](CC(=O)c1ccc(OC)nc1)C1CCC(c2cnc3ccccc3c2)CC1.CC[C@H](CC(=O)c1ccc(OC)nc1)C1CCC(c2cnc3ccccc3c2)CC1. The van der Waals surface area contributed by atoms with E-state index >= 15 is 0 Å². The Morgan fingerprint density at radius 1 is 0.267 bits per heavy atom. The second-order valence-corrected chi connectivity index (χ2v) is 33.8. The summed E-state index contributed by atoms with van der Waals surface area (Å²) in [6, 6.07) is 56.9. The van der Waals surface area contributed by atoms with Gasteiger partial charge in [0.15, 0.2) is 23.1 Å². The first kappa shape index (κ1) is 86.8. The van der Waals surface area contributed by atoms with Crippen LogP contribution in [0.15, 0.2) is 219 Å². The van der Waals surface area contributed by atoms with Gasteiger partial charge in [0.2, 0.25) is 23.5 Å². The highest BCUT2D eigenvalue weighted by atomic mass is 16.5. The number of carbonyl (C=O) groups is 4. The summed E-state index contributed by atoms with van der Waals surface area (Å²) in [6.45, 7) is 8.85. The van der Waals surface area contributed by atoms with Crippen molar-refractivity contribution in [2.75, 3.05) is 28.4 Å². The van der Waals surface area contributed by atoms with E-state index in [4.69, 9.17) is 18.9 Å². The molecule has 0 aliphatic heterocycles.